The van der Waals surface area contributed by atoms with Gasteiger partial charge in [-0.25, -0.2) is 0 Å². The Hall–Kier alpha value is -1.12. The largest absolute Gasteiger partial charge is 0.391 e. The summed E-state index contributed by atoms with van der Waals surface area (Å²) in [5, 5.41) is 21.4. The van der Waals surface area contributed by atoms with Crippen molar-refractivity contribution in [2.45, 2.75) is 31.4 Å². The number of aliphatic hydroxyl groups is 1. The fourth-order valence-electron chi connectivity index (χ4n) is 4.22. The zero-order valence-corrected chi connectivity index (χ0v) is 10.4. The molecule has 1 aliphatic heterocycles. The van der Waals surface area contributed by atoms with Gasteiger partial charge in [0.05, 0.1) is 25.1 Å². The number of amides is 1. The molecule has 5 heteroatoms. The molecule has 2 aliphatic carbocycles. The van der Waals surface area contributed by atoms with Gasteiger partial charge in [0.25, 0.3) is 0 Å². The first-order valence-corrected chi connectivity index (χ1v) is 6.76. The van der Waals surface area contributed by atoms with Gasteiger partial charge in [0.15, 0.2) is 0 Å². The van der Waals surface area contributed by atoms with E-state index in [2.05, 4.69) is 10.2 Å². The summed E-state index contributed by atoms with van der Waals surface area (Å²) in [7, 11) is 0. The summed E-state index contributed by atoms with van der Waals surface area (Å²) in [6, 6.07) is 2.21. The molecule has 2 N–H and O–H groups in total. The number of nitriles is 1. The van der Waals surface area contributed by atoms with Crippen molar-refractivity contribution in [2.24, 2.45) is 17.8 Å². The smallest absolute Gasteiger partial charge is 0.234 e. The molecule has 3 fully saturated rings. The lowest BCUT2D eigenvalue weighted by atomic mass is 9.88. The van der Waals surface area contributed by atoms with Crippen molar-refractivity contribution in [3.8, 4) is 6.07 Å². The molecular weight excluding hydrogens is 230 g/mol. The molecule has 5 nitrogen and oxygen atoms in total. The minimum absolute atomic E-state index is 0.0257. The number of aliphatic hydroxyl groups excluding tert-OH is 1. The number of likely N-dealkylation sites (tertiary alicyclic amines) is 1. The molecule has 1 heterocycles. The molecule has 98 valence electrons. The molecule has 18 heavy (non-hydrogen) atoms. The Morgan fingerprint density at radius 3 is 3.00 bits per heavy atom. The Labute approximate surface area is 107 Å². The van der Waals surface area contributed by atoms with Crippen molar-refractivity contribution in [3.63, 3.8) is 0 Å². The lowest BCUT2D eigenvalue weighted by Gasteiger charge is -2.28. The van der Waals surface area contributed by atoms with Crippen molar-refractivity contribution in [1.29, 1.82) is 5.26 Å². The van der Waals surface area contributed by atoms with Crippen LogP contribution < -0.4 is 5.32 Å². The summed E-state index contributed by atoms with van der Waals surface area (Å²) in [6.07, 6.45) is 2.39. The summed E-state index contributed by atoms with van der Waals surface area (Å²) < 4.78 is 0. The maximum Gasteiger partial charge on any atom is 0.234 e. The van der Waals surface area contributed by atoms with Gasteiger partial charge in [-0.3, -0.25) is 9.69 Å². The van der Waals surface area contributed by atoms with Crippen molar-refractivity contribution in [1.82, 2.24) is 10.2 Å². The Morgan fingerprint density at radius 2 is 2.28 bits per heavy atom. The average molecular weight is 249 g/mol. The van der Waals surface area contributed by atoms with Gasteiger partial charge in [-0.05, 0) is 30.6 Å². The van der Waals surface area contributed by atoms with E-state index in [1.165, 1.54) is 0 Å². The summed E-state index contributed by atoms with van der Waals surface area (Å²) in [6.45, 7) is 1.74. The number of hydrogen-bond donors (Lipinski definition) is 2. The van der Waals surface area contributed by atoms with E-state index >= 15 is 0 Å². The minimum atomic E-state index is -0.236. The predicted molar refractivity (Wildman–Crippen MR) is 64.3 cm³/mol. The van der Waals surface area contributed by atoms with Crippen LogP contribution in [-0.4, -0.2) is 47.7 Å². The second-order valence-corrected chi connectivity index (χ2v) is 5.82. The molecule has 3 rings (SSSR count). The Kier molecular flexibility index (Phi) is 3.00. The van der Waals surface area contributed by atoms with Gasteiger partial charge in [0, 0.05) is 19.1 Å². The molecule has 0 aromatic carbocycles. The third kappa shape index (κ3) is 1.80. The first-order valence-electron chi connectivity index (χ1n) is 6.76. The number of carbonyl (C=O) groups is 1. The normalized spacial score (nSPS) is 41.0. The lowest BCUT2D eigenvalue weighted by Crippen LogP contribution is -2.45. The van der Waals surface area contributed by atoms with Gasteiger partial charge in [0.1, 0.15) is 0 Å². The van der Waals surface area contributed by atoms with E-state index in [9.17, 15) is 9.90 Å². The fraction of sp³-hybridized carbons (Fsp3) is 0.846. The number of nitrogens with one attached hydrogen (secondary N) is 1. The SMILES string of the molecule is N#CCCNC(=O)CN1CC2CC3CC2C1C3O. The van der Waals surface area contributed by atoms with E-state index < -0.39 is 0 Å². The van der Waals surface area contributed by atoms with Crippen molar-refractivity contribution >= 4 is 5.91 Å². The zero-order chi connectivity index (χ0) is 12.7. The second-order valence-electron chi connectivity index (χ2n) is 5.82. The summed E-state index contributed by atoms with van der Waals surface area (Å²) >= 11 is 0. The van der Waals surface area contributed by atoms with Crippen LogP contribution in [0.4, 0.5) is 0 Å². The highest BCUT2D eigenvalue weighted by Crippen LogP contribution is 2.54. The van der Waals surface area contributed by atoms with Gasteiger partial charge < -0.3 is 10.4 Å². The molecule has 1 saturated heterocycles. The monoisotopic (exact) mass is 249 g/mol. The van der Waals surface area contributed by atoms with Crippen LogP contribution >= 0.6 is 0 Å². The molecule has 2 bridgehead atoms. The minimum Gasteiger partial charge on any atom is -0.391 e. The lowest BCUT2D eigenvalue weighted by molar-refractivity contribution is -0.122. The molecule has 0 radical (unpaired) electrons. The molecule has 0 aromatic rings. The van der Waals surface area contributed by atoms with E-state index in [-0.39, 0.29) is 18.1 Å². The molecule has 2 saturated carbocycles. The average Bonchev–Trinajstić information content (AvgIpc) is 2.91. The molecule has 1 amide bonds. The van der Waals surface area contributed by atoms with Gasteiger partial charge in [-0.15, -0.1) is 0 Å². The quantitative estimate of drug-likeness (QED) is 0.672. The molecular formula is C13H19N3O2. The van der Waals surface area contributed by atoms with Gasteiger partial charge in [-0.1, -0.05) is 0 Å². The van der Waals surface area contributed by atoms with E-state index in [0.29, 0.717) is 37.3 Å². The van der Waals surface area contributed by atoms with Crippen LogP contribution in [0.1, 0.15) is 19.3 Å². The van der Waals surface area contributed by atoms with Crippen molar-refractivity contribution in [3.05, 3.63) is 0 Å². The van der Waals surface area contributed by atoms with Crippen molar-refractivity contribution < 1.29 is 9.90 Å². The third-order valence-corrected chi connectivity index (χ3v) is 4.85. The third-order valence-electron chi connectivity index (χ3n) is 4.85. The molecule has 0 aromatic heterocycles. The Bertz CT molecular complexity index is 390. The highest BCUT2D eigenvalue weighted by molar-refractivity contribution is 5.78. The fourth-order valence-corrected chi connectivity index (χ4v) is 4.22. The standard InChI is InChI=1S/C13H19N3O2/c14-2-1-3-15-11(17)7-16-6-9-4-8-5-10(9)12(16)13(8)18/h8-10,12-13,18H,1,3-7H2,(H,15,17). The van der Waals surface area contributed by atoms with Gasteiger partial charge in [0.2, 0.25) is 5.91 Å². The van der Waals surface area contributed by atoms with Crippen LogP contribution in [0.3, 0.4) is 0 Å². The molecule has 3 aliphatic rings. The number of rotatable bonds is 4. The predicted octanol–water partition coefficient (Wildman–Crippen LogP) is -0.283. The van der Waals surface area contributed by atoms with Gasteiger partial charge >= 0.3 is 0 Å². The zero-order valence-electron chi connectivity index (χ0n) is 10.4. The van der Waals surface area contributed by atoms with Crippen molar-refractivity contribution in [2.75, 3.05) is 19.6 Å². The van der Waals surface area contributed by atoms with Crippen LogP contribution in [0.15, 0.2) is 0 Å². The maximum absolute atomic E-state index is 11.7. The molecule has 5 atom stereocenters. The van der Waals surface area contributed by atoms with E-state index in [4.69, 9.17) is 5.26 Å². The summed E-state index contributed by atoms with van der Waals surface area (Å²) in [4.78, 5) is 13.9. The molecule has 5 unspecified atom stereocenters. The second kappa shape index (κ2) is 4.52. The van der Waals surface area contributed by atoms with Crippen LogP contribution in [0, 0.1) is 29.1 Å². The number of carbonyl (C=O) groups excluding carboxylic acids is 1. The summed E-state index contributed by atoms with van der Waals surface area (Å²) in [5.74, 6) is 1.74. The Balaban J connectivity index is 1.55. The first-order chi connectivity index (χ1) is 8.70. The summed E-state index contributed by atoms with van der Waals surface area (Å²) in [5.41, 5.74) is 0. The number of fused-ring (bicyclic) bond motifs is 1. The maximum atomic E-state index is 11.7. The van der Waals surface area contributed by atoms with E-state index in [1.807, 2.05) is 6.07 Å². The van der Waals surface area contributed by atoms with E-state index in [0.717, 1.165) is 19.4 Å². The highest BCUT2D eigenvalue weighted by Gasteiger charge is 2.58. The van der Waals surface area contributed by atoms with E-state index in [1.54, 1.807) is 0 Å². The van der Waals surface area contributed by atoms with Crippen LogP contribution in [0.2, 0.25) is 0 Å². The van der Waals surface area contributed by atoms with Crippen LogP contribution in [0.5, 0.6) is 0 Å². The first kappa shape index (κ1) is 11.9. The Morgan fingerprint density at radius 1 is 1.44 bits per heavy atom. The number of nitrogens with zero attached hydrogens (tertiary/aromatic N) is 2. The topological polar surface area (TPSA) is 76.4 Å². The highest BCUT2D eigenvalue weighted by atomic mass is 16.3. The van der Waals surface area contributed by atoms with Crippen LogP contribution in [0.25, 0.3) is 0 Å². The molecule has 0 spiro atoms. The number of hydrogen-bond acceptors (Lipinski definition) is 4. The van der Waals surface area contributed by atoms with Crippen LogP contribution in [-0.2, 0) is 4.79 Å². The van der Waals surface area contributed by atoms with Gasteiger partial charge in [-0.2, -0.15) is 5.26 Å².